The zero-order valence-electron chi connectivity index (χ0n) is 24.7. The molecule has 6 rings (SSSR count). The topological polar surface area (TPSA) is 168 Å². The second-order valence-corrected chi connectivity index (χ2v) is 14.5. The van der Waals surface area contributed by atoms with Gasteiger partial charge in [-0.1, -0.05) is 36.4 Å². The number of benzene rings is 2. The highest BCUT2D eigenvalue weighted by atomic mass is 35.5. The second kappa shape index (κ2) is 11.6. The molecule has 1 aliphatic heterocycles. The number of anilines is 2. The third-order valence-electron chi connectivity index (χ3n) is 7.84. The molecule has 3 heterocycles. The Balaban J connectivity index is 1.33. The second-order valence-electron chi connectivity index (χ2n) is 11.2. The molecule has 1 saturated carbocycles. The molecule has 0 spiro atoms. The summed E-state index contributed by atoms with van der Waals surface area (Å²) >= 11 is 12.3. The lowest BCUT2D eigenvalue weighted by Gasteiger charge is -2.30. The van der Waals surface area contributed by atoms with E-state index in [-0.39, 0.29) is 23.6 Å². The summed E-state index contributed by atoms with van der Waals surface area (Å²) in [4.78, 5) is 25.3. The van der Waals surface area contributed by atoms with Crippen LogP contribution in [0, 0.1) is 0 Å². The number of nitrogens with two attached hydrogens (primary N) is 1. The minimum Gasteiger partial charge on any atom is -0.462 e. The number of aliphatic hydroxyl groups is 1. The van der Waals surface area contributed by atoms with Crippen LogP contribution in [0.3, 0.4) is 0 Å². The molecule has 2 aliphatic rings. The number of hydrogen-bond acceptors (Lipinski definition) is 12. The van der Waals surface area contributed by atoms with E-state index in [2.05, 4.69) is 25.4 Å². The fourth-order valence-electron chi connectivity index (χ4n) is 5.62. The van der Waals surface area contributed by atoms with Crippen LogP contribution in [0.25, 0.3) is 21.9 Å². The monoisotopic (exact) mass is 679 g/mol. The average molecular weight is 680 g/mol. The SMILES string of the molecule is CNc1nc(N)nc2c1ncn2[C@@H]1O[C@]2(CCl)C(O[P@@](=S)(N[C@H](C)C(=O)OC(C)C)Oc3cccc4ccccc34)[C@]2(O)[C@@H]1F. The number of nitrogens with zero attached hydrogens (tertiary/aromatic N) is 4. The van der Waals surface area contributed by atoms with Gasteiger partial charge in [-0.2, -0.15) is 9.97 Å². The minimum absolute atomic E-state index is 0.0680. The molecule has 45 heavy (non-hydrogen) atoms. The van der Waals surface area contributed by atoms with Gasteiger partial charge >= 0.3 is 12.6 Å². The van der Waals surface area contributed by atoms with E-state index in [1.165, 1.54) is 10.9 Å². The maximum Gasteiger partial charge on any atom is 0.323 e. The molecular weight excluding hydrogens is 648 g/mol. The minimum atomic E-state index is -3.76. The summed E-state index contributed by atoms with van der Waals surface area (Å²) in [6.45, 7) is 1.22. The molecule has 5 N–H and O–H groups in total. The molecule has 0 radical (unpaired) electrons. The average Bonchev–Trinajstić information content (AvgIpc) is 3.23. The fraction of sp³-hybridized carbons (Fsp3) is 0.429. The van der Waals surface area contributed by atoms with Gasteiger partial charge < -0.3 is 30.2 Å². The van der Waals surface area contributed by atoms with Crippen molar-refractivity contribution in [3.63, 3.8) is 0 Å². The molecular formula is C28H32ClFN7O6PS. The zero-order valence-corrected chi connectivity index (χ0v) is 27.1. The van der Waals surface area contributed by atoms with E-state index in [0.29, 0.717) is 17.1 Å². The van der Waals surface area contributed by atoms with Gasteiger partial charge in [0.15, 0.2) is 35.0 Å². The highest BCUT2D eigenvalue weighted by Gasteiger charge is 2.89. The van der Waals surface area contributed by atoms with Crippen molar-refractivity contribution in [1.29, 1.82) is 0 Å². The van der Waals surface area contributed by atoms with Gasteiger partial charge in [-0.05, 0) is 44.0 Å². The van der Waals surface area contributed by atoms with Crippen molar-refractivity contribution in [2.75, 3.05) is 24.0 Å². The molecule has 1 saturated heterocycles. The number of alkyl halides is 2. The van der Waals surface area contributed by atoms with Crippen LogP contribution in [-0.4, -0.2) is 79.1 Å². The molecule has 7 atom stereocenters. The molecule has 240 valence electrons. The van der Waals surface area contributed by atoms with Gasteiger partial charge in [-0.3, -0.25) is 13.9 Å². The summed E-state index contributed by atoms with van der Waals surface area (Å²) in [5.41, 5.74) is 2.41. The molecule has 1 aliphatic carbocycles. The first-order valence-corrected chi connectivity index (χ1v) is 17.3. The van der Waals surface area contributed by atoms with Crippen molar-refractivity contribution < 1.29 is 32.8 Å². The Hall–Kier alpha value is -3.17. The predicted octanol–water partition coefficient (Wildman–Crippen LogP) is 3.81. The van der Waals surface area contributed by atoms with Gasteiger partial charge in [0.05, 0.1) is 18.3 Å². The molecule has 4 aromatic rings. The summed E-state index contributed by atoms with van der Waals surface area (Å²) in [7, 11) is 1.63. The van der Waals surface area contributed by atoms with E-state index < -0.39 is 48.4 Å². The smallest absolute Gasteiger partial charge is 0.323 e. The Labute approximate surface area is 267 Å². The highest BCUT2D eigenvalue weighted by Crippen LogP contribution is 2.69. The number of carbonyl (C=O) groups is 1. The molecule has 2 fully saturated rings. The number of aromatic nitrogens is 4. The first kappa shape index (κ1) is 31.8. The van der Waals surface area contributed by atoms with Crippen LogP contribution < -0.4 is 20.7 Å². The molecule has 2 aromatic carbocycles. The maximum absolute atomic E-state index is 16.4. The first-order valence-electron chi connectivity index (χ1n) is 14.1. The lowest BCUT2D eigenvalue weighted by Crippen LogP contribution is -2.38. The van der Waals surface area contributed by atoms with E-state index >= 15 is 4.39 Å². The molecule has 2 aromatic heterocycles. The number of rotatable bonds is 11. The van der Waals surface area contributed by atoms with Gasteiger partial charge in [0, 0.05) is 12.4 Å². The number of imidazole rings is 1. The highest BCUT2D eigenvalue weighted by molar-refractivity contribution is 8.09. The van der Waals surface area contributed by atoms with Crippen LogP contribution in [0.4, 0.5) is 16.2 Å². The van der Waals surface area contributed by atoms with Crippen molar-refractivity contribution in [3.05, 3.63) is 48.8 Å². The number of ether oxygens (including phenoxy) is 2. The Morgan fingerprint density at radius 1 is 1.27 bits per heavy atom. The Bertz CT molecular complexity index is 1830. The predicted molar refractivity (Wildman–Crippen MR) is 170 cm³/mol. The maximum atomic E-state index is 16.4. The summed E-state index contributed by atoms with van der Waals surface area (Å²) in [5, 5.41) is 19.2. The van der Waals surface area contributed by atoms with Gasteiger partial charge in [0.25, 0.3) is 0 Å². The molecule has 1 unspecified atom stereocenters. The fourth-order valence-corrected chi connectivity index (χ4v) is 8.77. The van der Waals surface area contributed by atoms with E-state index in [4.69, 9.17) is 47.7 Å². The zero-order chi connectivity index (χ0) is 32.3. The first-order chi connectivity index (χ1) is 21.4. The van der Waals surface area contributed by atoms with Crippen molar-refractivity contribution in [2.24, 2.45) is 0 Å². The Morgan fingerprint density at radius 3 is 2.69 bits per heavy atom. The Morgan fingerprint density at radius 2 is 2.00 bits per heavy atom. The third-order valence-corrected chi connectivity index (χ3v) is 10.7. The van der Waals surface area contributed by atoms with E-state index in [1.807, 2.05) is 30.3 Å². The van der Waals surface area contributed by atoms with Crippen LogP contribution in [0.1, 0.15) is 27.0 Å². The standard InChI is InChI=1S/C28H32ClFN7O6PS/c1-14(2)40-24(38)15(3)36-44(45,42-18-11-7-9-16-8-5-6-10-17(16)18)43-25-27(12-29)28(25,39)20(30)23(41-27)37-13-33-19-21(32-4)34-26(31)35-22(19)37/h5-11,13-15,20,23,25,39H,12H2,1-4H3,(H,36,45)(H3,31,32,34,35)/t15-,20-,23-,25?,27-,28-,44-/m1/s1. The van der Waals surface area contributed by atoms with E-state index in [9.17, 15) is 9.90 Å². The number of carbonyl (C=O) groups excluding carboxylic acids is 1. The number of halogens is 2. The number of esters is 1. The van der Waals surface area contributed by atoms with Crippen molar-refractivity contribution in [2.45, 2.75) is 62.6 Å². The lowest BCUT2D eigenvalue weighted by molar-refractivity contribution is -0.149. The summed E-state index contributed by atoms with van der Waals surface area (Å²) in [6, 6.07) is 11.9. The van der Waals surface area contributed by atoms with Crippen LogP contribution in [-0.2, 0) is 30.6 Å². The normalized spacial score (nSPS) is 27.7. The van der Waals surface area contributed by atoms with Crippen LogP contribution in [0.5, 0.6) is 5.75 Å². The van der Waals surface area contributed by atoms with Gasteiger partial charge in [0.1, 0.15) is 23.5 Å². The Kier molecular flexibility index (Phi) is 8.17. The molecule has 13 nitrogen and oxygen atoms in total. The summed E-state index contributed by atoms with van der Waals surface area (Å²) < 4.78 is 41.8. The number of hydrogen-bond donors (Lipinski definition) is 4. The largest absolute Gasteiger partial charge is 0.462 e. The van der Waals surface area contributed by atoms with Crippen molar-refractivity contribution >= 4 is 69.7 Å². The quantitative estimate of drug-likeness (QED) is 0.103. The van der Waals surface area contributed by atoms with E-state index in [0.717, 1.165) is 10.8 Å². The van der Waals surface area contributed by atoms with Crippen molar-refractivity contribution in [3.8, 4) is 5.75 Å². The van der Waals surface area contributed by atoms with Crippen LogP contribution in [0.15, 0.2) is 48.8 Å². The number of nitrogens with one attached hydrogen (secondary N) is 2. The number of fused-ring (bicyclic) bond motifs is 3. The molecule has 0 bridgehead atoms. The molecule has 0 amide bonds. The van der Waals surface area contributed by atoms with Gasteiger partial charge in [-0.25, -0.2) is 14.5 Å². The number of nitrogen functional groups attached to an aromatic ring is 1. The van der Waals surface area contributed by atoms with Gasteiger partial charge in [0.2, 0.25) is 5.95 Å². The third kappa shape index (κ3) is 5.20. The summed E-state index contributed by atoms with van der Waals surface area (Å²) in [6.07, 6.45) is -3.89. The molecule has 17 heteroatoms. The van der Waals surface area contributed by atoms with Crippen LogP contribution in [0.2, 0.25) is 0 Å². The van der Waals surface area contributed by atoms with Crippen molar-refractivity contribution in [1.82, 2.24) is 24.6 Å². The van der Waals surface area contributed by atoms with E-state index in [1.54, 1.807) is 40.0 Å². The lowest BCUT2D eigenvalue weighted by atomic mass is 10.1. The van der Waals surface area contributed by atoms with Crippen LogP contribution >= 0.6 is 18.2 Å². The summed E-state index contributed by atoms with van der Waals surface area (Å²) in [5.74, 6) is -0.319. The van der Waals surface area contributed by atoms with Gasteiger partial charge in [-0.15, -0.1) is 11.6 Å².